The molecule has 6 heteroatoms. The van der Waals surface area contributed by atoms with Crippen LogP contribution in [0, 0.1) is 13.8 Å². The lowest BCUT2D eigenvalue weighted by Crippen LogP contribution is -2.27. The largest absolute Gasteiger partial charge is 0.508 e. The fourth-order valence-corrected chi connectivity index (χ4v) is 2.25. The summed E-state index contributed by atoms with van der Waals surface area (Å²) in [5, 5.41) is 26.2. The van der Waals surface area contributed by atoms with E-state index in [0.717, 1.165) is 16.8 Å². The maximum absolute atomic E-state index is 11.9. The van der Waals surface area contributed by atoms with E-state index in [4.69, 9.17) is 0 Å². The van der Waals surface area contributed by atoms with Crippen molar-refractivity contribution in [2.45, 2.75) is 20.8 Å². The number of benzene rings is 2. The number of hydrogen-bond acceptors (Lipinski definition) is 5. The van der Waals surface area contributed by atoms with Crippen LogP contribution in [0.25, 0.3) is 0 Å². The zero-order valence-electron chi connectivity index (χ0n) is 13.9. The van der Waals surface area contributed by atoms with Crippen LogP contribution in [-0.4, -0.2) is 28.4 Å². The molecule has 0 aliphatic carbocycles. The summed E-state index contributed by atoms with van der Waals surface area (Å²) in [5.74, 6) is -0.314. The first-order valence-electron chi connectivity index (χ1n) is 7.53. The minimum Gasteiger partial charge on any atom is -0.508 e. The molecule has 0 atom stereocenters. The van der Waals surface area contributed by atoms with Crippen molar-refractivity contribution < 1.29 is 15.0 Å². The highest BCUT2D eigenvalue weighted by Gasteiger charge is 2.07. The molecule has 24 heavy (non-hydrogen) atoms. The molecule has 0 heterocycles. The van der Waals surface area contributed by atoms with Crippen LogP contribution in [0.5, 0.6) is 11.5 Å². The number of phenolic OH excluding ortho intramolecular Hbond substituents is 2. The topological polar surface area (TPSA) is 94.0 Å². The number of hydrogen-bond donors (Lipinski definition) is 4. The molecule has 6 nitrogen and oxygen atoms in total. The normalized spacial score (nSPS) is 11.2. The smallest absolute Gasteiger partial charge is 0.259 e. The van der Waals surface area contributed by atoms with E-state index in [1.54, 1.807) is 6.92 Å². The summed E-state index contributed by atoms with van der Waals surface area (Å²) in [6.07, 6.45) is 0. The zero-order valence-corrected chi connectivity index (χ0v) is 13.9. The number of anilines is 1. The van der Waals surface area contributed by atoms with Crippen LogP contribution in [0.15, 0.2) is 41.5 Å². The van der Waals surface area contributed by atoms with Crippen molar-refractivity contribution in [2.75, 3.05) is 11.9 Å². The van der Waals surface area contributed by atoms with E-state index < -0.39 is 0 Å². The molecule has 0 aromatic heterocycles. The highest BCUT2D eigenvalue weighted by atomic mass is 16.3. The molecule has 2 rings (SSSR count). The summed E-state index contributed by atoms with van der Waals surface area (Å²) in [6.45, 7) is 5.69. The van der Waals surface area contributed by atoms with Crippen molar-refractivity contribution in [1.29, 1.82) is 0 Å². The summed E-state index contributed by atoms with van der Waals surface area (Å²) >= 11 is 0. The molecule has 0 fully saturated rings. The molecule has 4 N–H and O–H groups in total. The number of rotatable bonds is 5. The van der Waals surface area contributed by atoms with Crippen molar-refractivity contribution in [3.05, 3.63) is 53.1 Å². The molecule has 0 unspecified atom stereocenters. The molecule has 0 radical (unpaired) electrons. The number of aromatic hydroxyl groups is 2. The van der Waals surface area contributed by atoms with E-state index in [-0.39, 0.29) is 24.0 Å². The van der Waals surface area contributed by atoms with Crippen LogP contribution in [0.2, 0.25) is 0 Å². The lowest BCUT2D eigenvalue weighted by molar-refractivity contribution is -0.119. The van der Waals surface area contributed by atoms with Gasteiger partial charge in [-0.2, -0.15) is 5.10 Å². The van der Waals surface area contributed by atoms with Gasteiger partial charge in [0.15, 0.2) is 0 Å². The number of nitrogens with zero attached hydrogens (tertiary/aromatic N) is 1. The molecule has 0 aliphatic heterocycles. The Kier molecular flexibility index (Phi) is 5.42. The number of aryl methyl sites for hydroxylation is 2. The average molecular weight is 327 g/mol. The molecule has 0 aliphatic rings. The van der Waals surface area contributed by atoms with Gasteiger partial charge in [-0.05, 0) is 50.6 Å². The second-order valence-corrected chi connectivity index (χ2v) is 5.61. The van der Waals surface area contributed by atoms with E-state index in [2.05, 4.69) is 15.8 Å². The third kappa shape index (κ3) is 4.49. The van der Waals surface area contributed by atoms with Gasteiger partial charge in [0.1, 0.15) is 11.5 Å². The lowest BCUT2D eigenvalue weighted by Gasteiger charge is -2.10. The van der Waals surface area contributed by atoms with Crippen LogP contribution in [0.4, 0.5) is 5.69 Å². The van der Waals surface area contributed by atoms with E-state index in [1.807, 2.05) is 32.0 Å². The third-order valence-corrected chi connectivity index (χ3v) is 3.54. The first-order chi connectivity index (χ1) is 11.4. The summed E-state index contributed by atoms with van der Waals surface area (Å²) in [7, 11) is 0. The Morgan fingerprint density at radius 3 is 2.58 bits per heavy atom. The second kappa shape index (κ2) is 7.50. The van der Waals surface area contributed by atoms with Gasteiger partial charge in [0.2, 0.25) is 0 Å². The first kappa shape index (κ1) is 17.3. The number of amides is 1. The van der Waals surface area contributed by atoms with E-state index >= 15 is 0 Å². The van der Waals surface area contributed by atoms with Gasteiger partial charge in [-0.3, -0.25) is 4.79 Å². The van der Waals surface area contributed by atoms with Gasteiger partial charge in [0.25, 0.3) is 5.91 Å². The highest BCUT2D eigenvalue weighted by Crippen LogP contribution is 2.22. The van der Waals surface area contributed by atoms with E-state index in [0.29, 0.717) is 11.3 Å². The molecule has 2 aromatic rings. The van der Waals surface area contributed by atoms with Gasteiger partial charge >= 0.3 is 0 Å². The molecule has 2 aromatic carbocycles. The minimum atomic E-state index is -0.311. The molecular weight excluding hydrogens is 306 g/mol. The minimum absolute atomic E-state index is 0.0141. The highest BCUT2D eigenvalue weighted by molar-refractivity contribution is 6.01. The summed E-state index contributed by atoms with van der Waals surface area (Å²) < 4.78 is 0. The van der Waals surface area contributed by atoms with Crippen molar-refractivity contribution in [3.63, 3.8) is 0 Å². The van der Waals surface area contributed by atoms with Crippen LogP contribution in [-0.2, 0) is 4.79 Å². The lowest BCUT2D eigenvalue weighted by atomic mass is 10.1. The number of hydrazone groups is 1. The number of nitrogens with one attached hydrogen (secondary N) is 2. The molecule has 1 amide bonds. The Morgan fingerprint density at radius 1 is 1.12 bits per heavy atom. The fourth-order valence-electron chi connectivity index (χ4n) is 2.25. The van der Waals surface area contributed by atoms with Crippen molar-refractivity contribution in [1.82, 2.24) is 5.43 Å². The first-order valence-corrected chi connectivity index (χ1v) is 7.53. The molecule has 0 saturated heterocycles. The SMILES string of the molecule is C/C(=N/NC(=O)CNc1ccc(C)cc1C)c1cc(O)ccc1O. The van der Waals surface area contributed by atoms with Gasteiger partial charge in [0.05, 0.1) is 12.3 Å². The van der Waals surface area contributed by atoms with Gasteiger partial charge in [0, 0.05) is 11.3 Å². The second-order valence-electron chi connectivity index (χ2n) is 5.61. The summed E-state index contributed by atoms with van der Waals surface area (Å²) in [6, 6.07) is 10.1. The molecular formula is C18H21N3O3. The van der Waals surface area contributed by atoms with Crippen LogP contribution in [0.3, 0.4) is 0 Å². The maximum atomic E-state index is 11.9. The molecule has 126 valence electrons. The van der Waals surface area contributed by atoms with Gasteiger partial charge in [-0.25, -0.2) is 5.43 Å². The van der Waals surface area contributed by atoms with Gasteiger partial charge < -0.3 is 15.5 Å². The van der Waals surface area contributed by atoms with E-state index in [1.165, 1.54) is 18.2 Å². The van der Waals surface area contributed by atoms with Crippen molar-refractivity contribution in [3.8, 4) is 11.5 Å². The molecule has 0 bridgehead atoms. The average Bonchev–Trinajstić information content (AvgIpc) is 2.54. The molecule has 0 spiro atoms. The standard InChI is InChI=1S/C18H21N3O3/c1-11-4-6-16(12(2)8-11)19-10-18(24)21-20-13(3)15-9-14(22)5-7-17(15)23/h4-9,19,22-23H,10H2,1-3H3,(H,21,24)/b20-13-. The van der Waals surface area contributed by atoms with Crippen LogP contribution < -0.4 is 10.7 Å². The fraction of sp³-hybridized carbons (Fsp3) is 0.222. The van der Waals surface area contributed by atoms with Crippen molar-refractivity contribution >= 4 is 17.3 Å². The monoisotopic (exact) mass is 327 g/mol. The van der Waals surface area contributed by atoms with Crippen LogP contribution in [0.1, 0.15) is 23.6 Å². The Bertz CT molecular complexity index is 785. The third-order valence-electron chi connectivity index (χ3n) is 3.54. The summed E-state index contributed by atoms with van der Waals surface area (Å²) in [4.78, 5) is 11.9. The number of carbonyl (C=O) groups is 1. The Hall–Kier alpha value is -3.02. The Morgan fingerprint density at radius 2 is 1.88 bits per heavy atom. The Labute approximate surface area is 140 Å². The Balaban J connectivity index is 1.95. The predicted molar refractivity (Wildman–Crippen MR) is 94.5 cm³/mol. The van der Waals surface area contributed by atoms with Crippen molar-refractivity contribution in [2.24, 2.45) is 5.10 Å². The molecule has 0 saturated carbocycles. The summed E-state index contributed by atoms with van der Waals surface area (Å²) in [5.41, 5.74) is 6.29. The maximum Gasteiger partial charge on any atom is 0.259 e. The quantitative estimate of drug-likeness (QED) is 0.386. The van der Waals surface area contributed by atoms with Gasteiger partial charge in [-0.1, -0.05) is 17.7 Å². The van der Waals surface area contributed by atoms with Gasteiger partial charge in [-0.15, -0.1) is 0 Å². The van der Waals surface area contributed by atoms with Crippen LogP contribution >= 0.6 is 0 Å². The number of phenols is 2. The number of carbonyl (C=O) groups excluding carboxylic acids is 1. The van der Waals surface area contributed by atoms with E-state index in [9.17, 15) is 15.0 Å². The zero-order chi connectivity index (χ0) is 17.7. The predicted octanol–water partition coefficient (Wildman–Crippen LogP) is 2.67.